The van der Waals surface area contributed by atoms with Crippen molar-refractivity contribution in [2.24, 2.45) is 5.84 Å². The highest BCUT2D eigenvalue weighted by Crippen LogP contribution is 2.01. The fraction of sp³-hybridized carbons (Fsp3) is 0.111. The second kappa shape index (κ2) is 4.34. The molecule has 0 saturated carbocycles. The van der Waals surface area contributed by atoms with Crippen molar-refractivity contribution in [1.82, 2.24) is 9.97 Å². The molecule has 0 atom stereocenters. The van der Waals surface area contributed by atoms with E-state index in [4.69, 9.17) is 5.84 Å². The molecular formula is C9H11BrN4. The van der Waals surface area contributed by atoms with Crippen LogP contribution in [0.5, 0.6) is 0 Å². The Morgan fingerprint density at radius 2 is 2.21 bits per heavy atom. The Morgan fingerprint density at radius 1 is 1.57 bits per heavy atom. The monoisotopic (exact) mass is 254 g/mol. The lowest BCUT2D eigenvalue weighted by Gasteiger charge is -2.01. The van der Waals surface area contributed by atoms with Crippen molar-refractivity contribution in [2.45, 2.75) is 6.92 Å². The Labute approximate surface area is 90.4 Å². The highest BCUT2D eigenvalue weighted by atomic mass is 79.9. The number of hydrazine groups is 1. The number of nitrogens with two attached hydrogens (primary N) is 1. The molecule has 0 amide bonds. The van der Waals surface area contributed by atoms with Crippen molar-refractivity contribution in [1.29, 1.82) is 0 Å². The minimum Gasteiger partial charge on any atom is -0.307 e. The van der Waals surface area contributed by atoms with Gasteiger partial charge >= 0.3 is 0 Å². The van der Waals surface area contributed by atoms with Gasteiger partial charge in [0, 0.05) is 4.48 Å². The van der Waals surface area contributed by atoms with Gasteiger partial charge in [0.2, 0.25) is 0 Å². The summed E-state index contributed by atoms with van der Waals surface area (Å²) in [7, 11) is 0. The van der Waals surface area contributed by atoms with Crippen molar-refractivity contribution in [3.8, 4) is 0 Å². The van der Waals surface area contributed by atoms with Crippen LogP contribution in [0.15, 0.2) is 11.1 Å². The van der Waals surface area contributed by atoms with Crippen molar-refractivity contribution < 1.29 is 0 Å². The number of halogens is 1. The molecule has 1 aromatic rings. The van der Waals surface area contributed by atoms with Crippen LogP contribution in [-0.2, 0) is 0 Å². The summed E-state index contributed by atoms with van der Waals surface area (Å²) in [6.07, 6.45) is 1.75. The molecule has 1 aromatic heterocycles. The Balaban J connectivity index is 3.44. The molecule has 0 saturated heterocycles. The minimum atomic E-state index is 0.535. The first-order chi connectivity index (χ1) is 6.54. The third-order valence-corrected chi connectivity index (χ3v) is 1.83. The first-order valence-corrected chi connectivity index (χ1v) is 4.70. The van der Waals surface area contributed by atoms with Crippen molar-refractivity contribution in [3.63, 3.8) is 0 Å². The molecule has 0 unspecified atom stereocenters. The maximum Gasteiger partial charge on any atom is 0.162 e. The van der Waals surface area contributed by atoms with E-state index in [9.17, 15) is 0 Å². The van der Waals surface area contributed by atoms with Crippen LogP contribution in [0.1, 0.15) is 5.69 Å². The van der Waals surface area contributed by atoms with Crippen LogP contribution < -0.4 is 22.0 Å². The summed E-state index contributed by atoms with van der Waals surface area (Å²) >= 11 is 3.22. The van der Waals surface area contributed by atoms with E-state index in [1.54, 1.807) is 6.08 Å². The average molecular weight is 255 g/mol. The summed E-state index contributed by atoms with van der Waals surface area (Å²) in [5, 5.41) is 1.24. The van der Waals surface area contributed by atoms with E-state index in [1.807, 2.05) is 6.92 Å². The Morgan fingerprint density at radius 3 is 2.71 bits per heavy atom. The second-order valence-corrected chi connectivity index (χ2v) is 3.74. The molecule has 4 nitrogen and oxygen atoms in total. The quantitative estimate of drug-likeness (QED) is 0.584. The number of nitrogen functional groups attached to an aromatic ring is 1. The summed E-state index contributed by atoms with van der Waals surface area (Å²) in [4.78, 5) is 8.41. The highest BCUT2D eigenvalue weighted by Gasteiger charge is 1.98. The summed E-state index contributed by atoms with van der Waals surface area (Å²) in [6.45, 7) is 9.27. The predicted octanol–water partition coefficient (Wildman–Crippen LogP) is 0.170. The molecule has 3 N–H and O–H groups in total. The number of nitrogens with one attached hydrogen (secondary N) is 1. The minimum absolute atomic E-state index is 0.535. The standard InChI is InChI=1S/C9H11BrN4/c1-5(10)4-8-6(2)13-9(14-11)7(3)12-8/h4H,1-2,11H2,3H3,(H,13,14)/b8-4+. The number of hydrogen-bond donors (Lipinski definition) is 2. The zero-order chi connectivity index (χ0) is 10.7. The van der Waals surface area contributed by atoms with Gasteiger partial charge in [0.1, 0.15) is 0 Å². The molecular weight excluding hydrogens is 244 g/mol. The molecule has 5 heteroatoms. The van der Waals surface area contributed by atoms with Gasteiger partial charge in [-0.15, -0.1) is 0 Å². The number of allylic oxidation sites excluding steroid dienone is 1. The summed E-state index contributed by atoms with van der Waals surface area (Å²) in [5.74, 6) is 5.79. The van der Waals surface area contributed by atoms with Gasteiger partial charge < -0.3 is 5.43 Å². The lowest BCUT2D eigenvalue weighted by molar-refractivity contribution is 1.03. The van der Waals surface area contributed by atoms with Crippen LogP contribution in [-0.4, -0.2) is 9.97 Å². The third-order valence-electron chi connectivity index (χ3n) is 1.60. The molecule has 1 heterocycles. The summed E-state index contributed by atoms with van der Waals surface area (Å²) in [5.41, 5.74) is 3.18. The van der Waals surface area contributed by atoms with Crippen LogP contribution >= 0.6 is 15.9 Å². The Bertz CT molecular complexity index is 466. The predicted molar refractivity (Wildman–Crippen MR) is 61.9 cm³/mol. The number of nitrogens with zero attached hydrogens (tertiary/aromatic N) is 2. The van der Waals surface area contributed by atoms with Crippen LogP contribution in [0.2, 0.25) is 0 Å². The molecule has 0 radical (unpaired) electrons. The maximum absolute atomic E-state index is 5.25. The SMILES string of the molecule is C=C(Br)/C=c1/nc(C)c(NN)nc1=C. The van der Waals surface area contributed by atoms with Gasteiger partial charge in [-0.1, -0.05) is 29.1 Å². The van der Waals surface area contributed by atoms with Crippen LogP contribution in [0.3, 0.4) is 0 Å². The zero-order valence-corrected chi connectivity index (χ0v) is 9.43. The van der Waals surface area contributed by atoms with Crippen molar-refractivity contribution in [3.05, 3.63) is 27.5 Å². The molecule has 14 heavy (non-hydrogen) atoms. The van der Waals surface area contributed by atoms with E-state index in [0.717, 1.165) is 10.2 Å². The van der Waals surface area contributed by atoms with Crippen LogP contribution in [0, 0.1) is 6.92 Å². The molecule has 0 aliphatic heterocycles. The number of hydrogen-bond acceptors (Lipinski definition) is 4. The van der Waals surface area contributed by atoms with Gasteiger partial charge in [-0.25, -0.2) is 15.8 Å². The molecule has 1 rings (SSSR count). The normalized spacial score (nSPS) is 11.5. The maximum atomic E-state index is 5.25. The van der Waals surface area contributed by atoms with E-state index in [0.29, 0.717) is 16.5 Å². The Hall–Kier alpha value is -1.20. The first kappa shape index (κ1) is 10.9. The number of anilines is 1. The van der Waals surface area contributed by atoms with E-state index < -0.39 is 0 Å². The first-order valence-electron chi connectivity index (χ1n) is 3.91. The number of aromatic nitrogens is 2. The van der Waals surface area contributed by atoms with E-state index in [2.05, 4.69) is 44.5 Å². The fourth-order valence-electron chi connectivity index (χ4n) is 0.972. The van der Waals surface area contributed by atoms with Crippen LogP contribution in [0.25, 0.3) is 12.7 Å². The highest BCUT2D eigenvalue weighted by molar-refractivity contribution is 9.12. The molecule has 74 valence electrons. The second-order valence-electron chi connectivity index (χ2n) is 2.73. The van der Waals surface area contributed by atoms with E-state index in [-0.39, 0.29) is 0 Å². The largest absolute Gasteiger partial charge is 0.307 e. The average Bonchev–Trinajstić information content (AvgIpc) is 2.10. The topological polar surface area (TPSA) is 63.8 Å². The van der Waals surface area contributed by atoms with Crippen molar-refractivity contribution in [2.75, 3.05) is 5.43 Å². The lowest BCUT2D eigenvalue weighted by atomic mass is 10.4. The van der Waals surface area contributed by atoms with E-state index >= 15 is 0 Å². The number of aryl methyl sites for hydroxylation is 1. The Kier molecular flexibility index (Phi) is 3.38. The summed E-state index contributed by atoms with van der Waals surface area (Å²) < 4.78 is 0.726. The van der Waals surface area contributed by atoms with Gasteiger partial charge in [-0.3, -0.25) is 0 Å². The number of rotatable bonds is 2. The summed E-state index contributed by atoms with van der Waals surface area (Å²) in [6, 6.07) is 0. The lowest BCUT2D eigenvalue weighted by Crippen LogP contribution is -2.33. The molecule has 0 aliphatic carbocycles. The van der Waals surface area contributed by atoms with E-state index in [1.165, 1.54) is 0 Å². The fourth-order valence-corrected chi connectivity index (χ4v) is 1.19. The van der Waals surface area contributed by atoms with Crippen LogP contribution in [0.4, 0.5) is 5.82 Å². The van der Waals surface area contributed by atoms with Gasteiger partial charge in [0.05, 0.1) is 16.4 Å². The third kappa shape index (κ3) is 2.40. The molecule has 0 spiro atoms. The molecule has 0 fully saturated rings. The van der Waals surface area contributed by atoms with Gasteiger partial charge in [0.25, 0.3) is 0 Å². The van der Waals surface area contributed by atoms with Gasteiger partial charge in [-0.05, 0) is 13.0 Å². The van der Waals surface area contributed by atoms with Crippen molar-refractivity contribution >= 4 is 34.4 Å². The zero-order valence-electron chi connectivity index (χ0n) is 7.84. The molecule has 0 bridgehead atoms. The van der Waals surface area contributed by atoms with Gasteiger partial charge in [0.15, 0.2) is 5.82 Å². The van der Waals surface area contributed by atoms with Gasteiger partial charge in [-0.2, -0.15) is 0 Å². The smallest absolute Gasteiger partial charge is 0.162 e. The molecule has 0 aliphatic rings. The molecule has 0 aromatic carbocycles.